The largest absolute Gasteiger partial charge is 0.465 e. The van der Waals surface area contributed by atoms with Crippen LogP contribution >= 0.6 is 0 Å². The van der Waals surface area contributed by atoms with Crippen molar-refractivity contribution in [3.8, 4) is 0 Å². The van der Waals surface area contributed by atoms with Gasteiger partial charge in [0.05, 0.1) is 24.6 Å². The Bertz CT molecular complexity index is 715. The van der Waals surface area contributed by atoms with Crippen LogP contribution in [0.5, 0.6) is 0 Å². The number of ether oxygens (including phenoxy) is 1. The van der Waals surface area contributed by atoms with Crippen LogP contribution in [0.15, 0.2) is 29.2 Å². The van der Waals surface area contributed by atoms with Gasteiger partial charge in [0.15, 0.2) is 0 Å². The van der Waals surface area contributed by atoms with Crippen molar-refractivity contribution >= 4 is 27.8 Å². The highest BCUT2D eigenvalue weighted by Gasteiger charge is 2.15. The molecule has 0 unspecified atom stereocenters. The lowest BCUT2D eigenvalue weighted by Crippen LogP contribution is -2.43. The van der Waals surface area contributed by atoms with Crippen molar-refractivity contribution in [2.75, 3.05) is 26.2 Å². The van der Waals surface area contributed by atoms with E-state index in [1.807, 2.05) is 6.92 Å². The summed E-state index contributed by atoms with van der Waals surface area (Å²) in [5, 5.41) is 4.50. The molecule has 0 aromatic heterocycles. The van der Waals surface area contributed by atoms with Crippen molar-refractivity contribution < 1.29 is 27.5 Å². The first-order chi connectivity index (χ1) is 11.7. The van der Waals surface area contributed by atoms with Crippen LogP contribution < -0.4 is 15.4 Å². The molecule has 1 aromatic carbocycles. The van der Waals surface area contributed by atoms with Gasteiger partial charge in [0, 0.05) is 0 Å². The Kier molecular flexibility index (Phi) is 8.02. The highest BCUT2D eigenvalue weighted by atomic mass is 32.2. The number of benzene rings is 1. The third-order valence-electron chi connectivity index (χ3n) is 2.94. The summed E-state index contributed by atoms with van der Waals surface area (Å²) in [4.78, 5) is 34.1. The second-order valence-electron chi connectivity index (χ2n) is 5.00. The number of esters is 1. The highest BCUT2D eigenvalue weighted by molar-refractivity contribution is 7.89. The minimum Gasteiger partial charge on any atom is -0.465 e. The van der Waals surface area contributed by atoms with Crippen molar-refractivity contribution in [1.29, 1.82) is 0 Å². The smallest absolute Gasteiger partial charge is 0.325 e. The molecule has 0 saturated carbocycles. The molecule has 1 rings (SSSR count). The van der Waals surface area contributed by atoms with Gasteiger partial charge in [-0.05, 0) is 26.0 Å². The van der Waals surface area contributed by atoms with E-state index in [1.165, 1.54) is 12.1 Å². The second kappa shape index (κ2) is 9.74. The molecular formula is C15H21N3O6S. The SMILES string of the molecule is CCOC(=O)CNC(=O)CNC(=O)CNS(=O)(=O)c1ccc(C)cc1. The normalized spacial score (nSPS) is 10.8. The van der Waals surface area contributed by atoms with Gasteiger partial charge in [-0.15, -0.1) is 0 Å². The van der Waals surface area contributed by atoms with E-state index in [1.54, 1.807) is 19.1 Å². The molecule has 0 aliphatic rings. The lowest BCUT2D eigenvalue weighted by atomic mass is 10.2. The van der Waals surface area contributed by atoms with Gasteiger partial charge < -0.3 is 15.4 Å². The summed E-state index contributed by atoms with van der Waals surface area (Å²) in [6.45, 7) is 2.46. The highest BCUT2D eigenvalue weighted by Crippen LogP contribution is 2.09. The Balaban J connectivity index is 2.36. The number of carbonyl (C=O) groups is 3. The van der Waals surface area contributed by atoms with Crippen molar-refractivity contribution in [1.82, 2.24) is 15.4 Å². The molecule has 3 N–H and O–H groups in total. The predicted octanol–water partition coefficient (Wildman–Crippen LogP) is -0.931. The fourth-order valence-electron chi connectivity index (χ4n) is 1.65. The first kappa shape index (κ1) is 20.6. The monoisotopic (exact) mass is 371 g/mol. The molecule has 0 heterocycles. The maximum atomic E-state index is 12.0. The molecule has 10 heteroatoms. The number of rotatable bonds is 9. The molecule has 25 heavy (non-hydrogen) atoms. The summed E-state index contributed by atoms with van der Waals surface area (Å²) in [5.74, 6) is -1.86. The van der Waals surface area contributed by atoms with E-state index >= 15 is 0 Å². The van der Waals surface area contributed by atoms with Gasteiger partial charge in [0.2, 0.25) is 21.8 Å². The number of amides is 2. The molecule has 0 bridgehead atoms. The zero-order valence-corrected chi connectivity index (χ0v) is 14.8. The van der Waals surface area contributed by atoms with E-state index in [9.17, 15) is 22.8 Å². The fourth-order valence-corrected chi connectivity index (χ4v) is 2.63. The third-order valence-corrected chi connectivity index (χ3v) is 4.35. The van der Waals surface area contributed by atoms with Gasteiger partial charge in [0.25, 0.3) is 0 Å². The molecule has 0 aliphatic heterocycles. The lowest BCUT2D eigenvalue weighted by molar-refractivity contribution is -0.143. The molecule has 2 amide bonds. The minimum atomic E-state index is -3.81. The molecule has 9 nitrogen and oxygen atoms in total. The maximum Gasteiger partial charge on any atom is 0.325 e. The van der Waals surface area contributed by atoms with Crippen molar-refractivity contribution in [3.63, 3.8) is 0 Å². The van der Waals surface area contributed by atoms with E-state index < -0.39 is 34.4 Å². The van der Waals surface area contributed by atoms with Crippen LogP contribution in [-0.2, 0) is 29.1 Å². The topological polar surface area (TPSA) is 131 Å². The van der Waals surface area contributed by atoms with Crippen molar-refractivity contribution in [2.45, 2.75) is 18.7 Å². The zero-order chi connectivity index (χ0) is 18.9. The van der Waals surface area contributed by atoms with Crippen LogP contribution in [0.1, 0.15) is 12.5 Å². The summed E-state index contributed by atoms with van der Waals surface area (Å²) in [6.07, 6.45) is 0. The molecule has 0 atom stereocenters. The van der Waals surface area contributed by atoms with E-state index in [0.29, 0.717) is 0 Å². The molecule has 0 aliphatic carbocycles. The van der Waals surface area contributed by atoms with Crippen LogP contribution in [-0.4, -0.2) is 52.4 Å². The molecule has 0 fully saturated rings. The number of hydrogen-bond acceptors (Lipinski definition) is 6. The Hall–Kier alpha value is -2.46. The Morgan fingerprint density at radius 2 is 1.52 bits per heavy atom. The van der Waals surface area contributed by atoms with Gasteiger partial charge in [-0.25, -0.2) is 13.1 Å². The van der Waals surface area contributed by atoms with Crippen LogP contribution in [0, 0.1) is 6.92 Å². The number of hydrogen-bond donors (Lipinski definition) is 3. The molecule has 0 spiro atoms. The molecule has 0 radical (unpaired) electrons. The minimum absolute atomic E-state index is 0.0399. The fraction of sp³-hybridized carbons (Fsp3) is 0.400. The molecular weight excluding hydrogens is 350 g/mol. The second-order valence-corrected chi connectivity index (χ2v) is 6.76. The average Bonchev–Trinajstić information content (AvgIpc) is 2.57. The number of aryl methyl sites for hydroxylation is 1. The van der Waals surface area contributed by atoms with Crippen LogP contribution in [0.3, 0.4) is 0 Å². The van der Waals surface area contributed by atoms with E-state index in [0.717, 1.165) is 5.56 Å². The Labute approximate surface area is 146 Å². The van der Waals surface area contributed by atoms with Gasteiger partial charge in [0.1, 0.15) is 6.54 Å². The summed E-state index contributed by atoms with van der Waals surface area (Å²) in [6, 6.07) is 6.14. The molecule has 0 saturated heterocycles. The number of nitrogens with one attached hydrogen (secondary N) is 3. The molecule has 138 valence electrons. The summed E-state index contributed by atoms with van der Waals surface area (Å²) >= 11 is 0. The average molecular weight is 371 g/mol. The standard InChI is InChI=1S/C15H21N3O6S/c1-3-24-15(21)10-17-13(19)8-16-14(20)9-18-25(22,23)12-6-4-11(2)5-7-12/h4-7,18H,3,8-10H2,1-2H3,(H,16,20)(H,17,19). The van der Waals surface area contributed by atoms with Crippen LogP contribution in [0.2, 0.25) is 0 Å². The zero-order valence-electron chi connectivity index (χ0n) is 14.0. The molecule has 1 aromatic rings. The van der Waals surface area contributed by atoms with Crippen LogP contribution in [0.25, 0.3) is 0 Å². The van der Waals surface area contributed by atoms with Crippen molar-refractivity contribution in [3.05, 3.63) is 29.8 Å². The van der Waals surface area contributed by atoms with Gasteiger partial charge in [-0.3, -0.25) is 14.4 Å². The summed E-state index contributed by atoms with van der Waals surface area (Å²) in [7, 11) is -3.81. The Morgan fingerprint density at radius 3 is 2.12 bits per heavy atom. The summed E-state index contributed by atoms with van der Waals surface area (Å²) in [5.41, 5.74) is 0.908. The van der Waals surface area contributed by atoms with Gasteiger partial charge >= 0.3 is 5.97 Å². The van der Waals surface area contributed by atoms with Gasteiger partial charge in [-0.2, -0.15) is 0 Å². The first-order valence-corrected chi connectivity index (χ1v) is 8.98. The quantitative estimate of drug-likeness (QED) is 0.481. The first-order valence-electron chi connectivity index (χ1n) is 7.50. The number of sulfonamides is 1. The van der Waals surface area contributed by atoms with Crippen LogP contribution in [0.4, 0.5) is 0 Å². The lowest BCUT2D eigenvalue weighted by Gasteiger charge is -2.08. The number of carbonyl (C=O) groups excluding carboxylic acids is 3. The van der Waals surface area contributed by atoms with E-state index in [2.05, 4.69) is 20.1 Å². The summed E-state index contributed by atoms with van der Waals surface area (Å²) < 4.78 is 30.8. The van der Waals surface area contributed by atoms with E-state index in [-0.39, 0.29) is 24.6 Å². The third kappa shape index (κ3) is 7.77. The van der Waals surface area contributed by atoms with E-state index in [4.69, 9.17) is 0 Å². The maximum absolute atomic E-state index is 12.0. The predicted molar refractivity (Wildman–Crippen MR) is 89.0 cm³/mol. The van der Waals surface area contributed by atoms with Gasteiger partial charge in [-0.1, -0.05) is 17.7 Å². The van der Waals surface area contributed by atoms with Crippen molar-refractivity contribution in [2.24, 2.45) is 0 Å². The Morgan fingerprint density at radius 1 is 0.960 bits per heavy atom.